The Morgan fingerprint density at radius 2 is 1.84 bits per heavy atom. The molecule has 106 valence electrons. The van der Waals surface area contributed by atoms with Crippen LogP contribution in [0.15, 0.2) is 23.1 Å². The predicted octanol–water partition coefficient (Wildman–Crippen LogP) is 1.97. The van der Waals surface area contributed by atoms with Crippen LogP contribution >= 0.6 is 11.6 Å². The van der Waals surface area contributed by atoms with Gasteiger partial charge in [0.2, 0.25) is 10.0 Å². The fourth-order valence-corrected chi connectivity index (χ4v) is 3.86. The molecule has 0 aromatic heterocycles. The predicted molar refractivity (Wildman–Crippen MR) is 77.1 cm³/mol. The van der Waals surface area contributed by atoms with E-state index in [9.17, 15) is 8.42 Å². The number of benzene rings is 1. The van der Waals surface area contributed by atoms with Gasteiger partial charge in [0, 0.05) is 31.2 Å². The number of hydrogen-bond donors (Lipinski definition) is 0. The van der Waals surface area contributed by atoms with Crippen LogP contribution < -0.4 is 0 Å². The van der Waals surface area contributed by atoms with Crippen molar-refractivity contribution in [1.29, 1.82) is 0 Å². The van der Waals surface area contributed by atoms with Crippen LogP contribution in [-0.4, -0.2) is 50.3 Å². The molecule has 1 heterocycles. The normalized spacial score (nSPS) is 18.7. The molecule has 6 heteroatoms. The second-order valence-corrected chi connectivity index (χ2v) is 7.09. The molecule has 4 nitrogen and oxygen atoms in total. The zero-order valence-corrected chi connectivity index (χ0v) is 12.8. The number of halogens is 1. The summed E-state index contributed by atoms with van der Waals surface area (Å²) in [5.74, 6) is 0. The summed E-state index contributed by atoms with van der Waals surface area (Å²) in [5.41, 5.74) is 0.886. The van der Waals surface area contributed by atoms with E-state index < -0.39 is 10.0 Å². The molecule has 1 aromatic rings. The molecule has 0 aliphatic carbocycles. The van der Waals surface area contributed by atoms with E-state index in [2.05, 4.69) is 11.8 Å². The number of sulfonamides is 1. The van der Waals surface area contributed by atoms with Gasteiger partial charge < -0.3 is 4.90 Å². The van der Waals surface area contributed by atoms with Crippen LogP contribution in [0.25, 0.3) is 0 Å². The van der Waals surface area contributed by atoms with Crippen LogP contribution in [-0.2, 0) is 10.0 Å². The Labute approximate surface area is 120 Å². The molecule has 0 N–H and O–H groups in total. The van der Waals surface area contributed by atoms with E-state index in [0.717, 1.165) is 25.2 Å². The summed E-state index contributed by atoms with van der Waals surface area (Å²) in [6.07, 6.45) is 0. The number of aryl methyl sites for hydroxylation is 1. The molecule has 19 heavy (non-hydrogen) atoms. The van der Waals surface area contributed by atoms with Crippen molar-refractivity contribution in [3.8, 4) is 0 Å². The molecule has 1 aliphatic rings. The Kier molecular flexibility index (Phi) is 4.50. The Bertz CT molecular complexity index is 552. The minimum atomic E-state index is -3.41. The third-order valence-electron chi connectivity index (χ3n) is 3.56. The maximum Gasteiger partial charge on any atom is 0.243 e. The van der Waals surface area contributed by atoms with Crippen LogP contribution in [0, 0.1) is 6.92 Å². The van der Waals surface area contributed by atoms with Crippen molar-refractivity contribution in [3.63, 3.8) is 0 Å². The van der Waals surface area contributed by atoms with Gasteiger partial charge in [-0.25, -0.2) is 8.42 Å². The number of likely N-dealkylation sites (N-methyl/N-ethyl adjacent to an activating group) is 1. The van der Waals surface area contributed by atoms with Gasteiger partial charge in [-0.15, -0.1) is 0 Å². The van der Waals surface area contributed by atoms with Crippen LogP contribution in [0.5, 0.6) is 0 Å². The lowest BCUT2D eigenvalue weighted by molar-refractivity contribution is 0.196. The van der Waals surface area contributed by atoms with Gasteiger partial charge in [0.1, 0.15) is 0 Å². The van der Waals surface area contributed by atoms with Crippen molar-refractivity contribution in [1.82, 2.24) is 9.21 Å². The minimum absolute atomic E-state index is 0.285. The average molecular weight is 303 g/mol. The van der Waals surface area contributed by atoms with Crippen LogP contribution in [0.3, 0.4) is 0 Å². The first-order chi connectivity index (χ1) is 8.95. The second kappa shape index (κ2) is 5.79. The zero-order chi connectivity index (χ0) is 14.0. The van der Waals surface area contributed by atoms with Gasteiger partial charge in [0.15, 0.2) is 0 Å². The molecule has 1 aromatic carbocycles. The zero-order valence-electron chi connectivity index (χ0n) is 11.3. The van der Waals surface area contributed by atoms with Gasteiger partial charge in [0.25, 0.3) is 0 Å². The first kappa shape index (κ1) is 14.8. The highest BCUT2D eigenvalue weighted by Crippen LogP contribution is 2.23. The molecule has 1 fully saturated rings. The highest BCUT2D eigenvalue weighted by atomic mass is 35.5. The van der Waals surface area contributed by atoms with Gasteiger partial charge in [-0.05, 0) is 31.2 Å². The summed E-state index contributed by atoms with van der Waals surface area (Å²) in [4.78, 5) is 2.53. The summed E-state index contributed by atoms with van der Waals surface area (Å²) < 4.78 is 26.5. The van der Waals surface area contributed by atoms with Crippen LogP contribution in [0.2, 0.25) is 5.02 Å². The van der Waals surface area contributed by atoms with Gasteiger partial charge in [-0.2, -0.15) is 4.31 Å². The lowest BCUT2D eigenvalue weighted by atomic mass is 10.2. The highest BCUT2D eigenvalue weighted by Gasteiger charge is 2.28. The highest BCUT2D eigenvalue weighted by molar-refractivity contribution is 7.89. The largest absolute Gasteiger partial charge is 0.301 e. The quantitative estimate of drug-likeness (QED) is 0.857. The van der Waals surface area contributed by atoms with Crippen molar-refractivity contribution in [2.75, 3.05) is 32.7 Å². The van der Waals surface area contributed by atoms with E-state index in [0.29, 0.717) is 18.1 Å². The number of nitrogens with zero attached hydrogens (tertiary/aromatic N) is 2. The topological polar surface area (TPSA) is 40.6 Å². The molecule has 1 saturated heterocycles. The maximum atomic E-state index is 12.5. The fraction of sp³-hybridized carbons (Fsp3) is 0.538. The summed E-state index contributed by atoms with van der Waals surface area (Å²) in [6, 6.07) is 4.92. The van der Waals surface area contributed by atoms with Crippen LogP contribution in [0.4, 0.5) is 0 Å². The first-order valence-electron chi connectivity index (χ1n) is 6.44. The van der Waals surface area contributed by atoms with Crippen molar-refractivity contribution in [3.05, 3.63) is 28.8 Å². The van der Waals surface area contributed by atoms with Crippen molar-refractivity contribution >= 4 is 21.6 Å². The monoisotopic (exact) mass is 302 g/mol. The van der Waals surface area contributed by atoms with Gasteiger partial charge in [0.05, 0.1) is 4.90 Å². The Hall–Kier alpha value is -0.620. The Balaban J connectivity index is 2.21. The molecule has 0 amide bonds. The first-order valence-corrected chi connectivity index (χ1v) is 8.25. The van der Waals surface area contributed by atoms with Crippen LogP contribution in [0.1, 0.15) is 12.5 Å². The summed E-state index contributed by atoms with van der Waals surface area (Å²) >= 11 is 6.01. The SMILES string of the molecule is CCN1CCN(S(=O)(=O)c2ccc(C)c(Cl)c2)CC1. The Morgan fingerprint density at radius 3 is 2.37 bits per heavy atom. The molecule has 0 radical (unpaired) electrons. The molecule has 2 rings (SSSR count). The molecular weight excluding hydrogens is 284 g/mol. The van der Waals surface area contributed by atoms with E-state index in [-0.39, 0.29) is 4.90 Å². The molecule has 0 saturated carbocycles. The van der Waals surface area contributed by atoms with E-state index in [1.165, 1.54) is 0 Å². The van der Waals surface area contributed by atoms with E-state index in [1.807, 2.05) is 6.92 Å². The van der Waals surface area contributed by atoms with Gasteiger partial charge in [-0.3, -0.25) is 0 Å². The van der Waals surface area contributed by atoms with E-state index >= 15 is 0 Å². The molecule has 0 unspecified atom stereocenters. The number of piperazine rings is 1. The number of rotatable bonds is 3. The molecule has 0 bridgehead atoms. The lowest BCUT2D eigenvalue weighted by Crippen LogP contribution is -2.48. The molecular formula is C13H19ClN2O2S. The third-order valence-corrected chi connectivity index (χ3v) is 5.86. The standard InChI is InChI=1S/C13H19ClN2O2S/c1-3-15-6-8-16(9-7-15)19(17,18)12-5-4-11(2)13(14)10-12/h4-5,10H,3,6-9H2,1-2H3. The van der Waals surface area contributed by atoms with Crippen molar-refractivity contribution in [2.24, 2.45) is 0 Å². The minimum Gasteiger partial charge on any atom is -0.301 e. The van der Waals surface area contributed by atoms with Gasteiger partial charge >= 0.3 is 0 Å². The number of hydrogen-bond acceptors (Lipinski definition) is 3. The van der Waals surface area contributed by atoms with E-state index in [1.54, 1.807) is 22.5 Å². The summed E-state index contributed by atoms with van der Waals surface area (Å²) in [5, 5.41) is 0.494. The molecule has 1 aliphatic heterocycles. The summed E-state index contributed by atoms with van der Waals surface area (Å²) in [7, 11) is -3.41. The Morgan fingerprint density at radius 1 is 1.21 bits per heavy atom. The lowest BCUT2D eigenvalue weighted by Gasteiger charge is -2.33. The fourth-order valence-electron chi connectivity index (χ4n) is 2.17. The maximum absolute atomic E-state index is 12.5. The smallest absolute Gasteiger partial charge is 0.243 e. The van der Waals surface area contributed by atoms with Crippen molar-refractivity contribution in [2.45, 2.75) is 18.7 Å². The van der Waals surface area contributed by atoms with Gasteiger partial charge in [-0.1, -0.05) is 24.6 Å². The average Bonchev–Trinajstić information content (AvgIpc) is 2.41. The molecule has 0 spiro atoms. The van der Waals surface area contributed by atoms with Crippen molar-refractivity contribution < 1.29 is 8.42 Å². The second-order valence-electron chi connectivity index (χ2n) is 4.75. The third kappa shape index (κ3) is 3.11. The van der Waals surface area contributed by atoms with E-state index in [4.69, 9.17) is 11.6 Å². The summed E-state index contributed by atoms with van der Waals surface area (Å²) in [6.45, 7) is 7.57. The molecule has 0 atom stereocenters.